The van der Waals surface area contributed by atoms with Crippen molar-refractivity contribution in [2.45, 2.75) is 31.9 Å². The average Bonchev–Trinajstić information content (AvgIpc) is 2.55. The van der Waals surface area contributed by atoms with E-state index in [0.717, 1.165) is 6.92 Å². The van der Waals surface area contributed by atoms with Crippen molar-refractivity contribution in [3.05, 3.63) is 46.8 Å². The van der Waals surface area contributed by atoms with Gasteiger partial charge in [-0.1, -0.05) is 6.58 Å². The van der Waals surface area contributed by atoms with Crippen molar-refractivity contribution < 1.29 is 58.2 Å². The third-order valence-electron chi connectivity index (χ3n) is 3.01. The van der Waals surface area contributed by atoms with Crippen molar-refractivity contribution in [2.24, 2.45) is 0 Å². The van der Waals surface area contributed by atoms with Crippen LogP contribution < -0.4 is 0 Å². The van der Waals surface area contributed by atoms with E-state index in [0.29, 0.717) is 0 Å². The SMILES string of the molecule is C=C(C)C(=O)OC(OCc1c(F)c(F)c(F)c(F)c1F)(C(F)F)C(F)(F)F. The second-order valence-corrected chi connectivity index (χ2v) is 4.97. The molecule has 0 aliphatic heterocycles. The number of rotatable bonds is 6. The van der Waals surface area contributed by atoms with Gasteiger partial charge in [-0.3, -0.25) is 0 Å². The molecule has 0 N–H and O–H groups in total. The molecule has 0 aromatic heterocycles. The van der Waals surface area contributed by atoms with Crippen molar-refractivity contribution >= 4 is 5.97 Å². The van der Waals surface area contributed by atoms with Gasteiger partial charge in [0.05, 0.1) is 12.2 Å². The van der Waals surface area contributed by atoms with E-state index in [2.05, 4.69) is 16.1 Å². The molecule has 1 atom stereocenters. The largest absolute Gasteiger partial charge is 0.462 e. The van der Waals surface area contributed by atoms with Gasteiger partial charge in [0.25, 0.3) is 0 Å². The second-order valence-electron chi connectivity index (χ2n) is 4.97. The number of hydrogen-bond acceptors (Lipinski definition) is 3. The van der Waals surface area contributed by atoms with E-state index in [1.807, 2.05) is 0 Å². The lowest BCUT2D eigenvalue weighted by atomic mass is 10.1. The van der Waals surface area contributed by atoms with Crippen LogP contribution in [0.15, 0.2) is 12.2 Å². The molecule has 0 saturated carbocycles. The van der Waals surface area contributed by atoms with Gasteiger partial charge in [0.2, 0.25) is 5.82 Å². The predicted molar refractivity (Wildman–Crippen MR) is 66.7 cm³/mol. The van der Waals surface area contributed by atoms with E-state index >= 15 is 0 Å². The van der Waals surface area contributed by atoms with Crippen molar-refractivity contribution in [3.63, 3.8) is 0 Å². The molecule has 0 heterocycles. The maximum atomic E-state index is 13.5. The van der Waals surface area contributed by atoms with Crippen LogP contribution in [0.25, 0.3) is 0 Å². The van der Waals surface area contributed by atoms with Crippen molar-refractivity contribution in [1.82, 2.24) is 0 Å². The fourth-order valence-electron chi connectivity index (χ4n) is 1.58. The topological polar surface area (TPSA) is 35.5 Å². The summed E-state index contributed by atoms with van der Waals surface area (Å²) in [6, 6.07) is 0. The van der Waals surface area contributed by atoms with Gasteiger partial charge >= 0.3 is 24.4 Å². The number of esters is 1. The van der Waals surface area contributed by atoms with Crippen LogP contribution in [0.3, 0.4) is 0 Å². The number of ether oxygens (including phenoxy) is 2. The minimum absolute atomic E-state index is 0.774. The molecule has 1 aromatic rings. The highest BCUT2D eigenvalue weighted by Gasteiger charge is 2.67. The van der Waals surface area contributed by atoms with E-state index in [9.17, 15) is 48.7 Å². The minimum atomic E-state index is -6.16. The molecule has 0 spiro atoms. The molecule has 0 radical (unpaired) electrons. The molecule has 0 fully saturated rings. The van der Waals surface area contributed by atoms with Crippen LogP contribution in [0, 0.1) is 29.1 Å². The highest BCUT2D eigenvalue weighted by atomic mass is 19.4. The zero-order chi connectivity index (χ0) is 21.3. The summed E-state index contributed by atoms with van der Waals surface area (Å²) < 4.78 is 139. The zero-order valence-corrected chi connectivity index (χ0v) is 13.0. The van der Waals surface area contributed by atoms with Crippen LogP contribution in [0.2, 0.25) is 0 Å². The lowest BCUT2D eigenvalue weighted by Crippen LogP contribution is -2.56. The van der Waals surface area contributed by atoms with E-state index in [-0.39, 0.29) is 0 Å². The van der Waals surface area contributed by atoms with Gasteiger partial charge in [0.1, 0.15) is 0 Å². The Kier molecular flexibility index (Phi) is 6.52. The summed E-state index contributed by atoms with van der Waals surface area (Å²) in [4.78, 5) is 11.3. The van der Waals surface area contributed by atoms with Gasteiger partial charge in [0, 0.05) is 5.57 Å². The first-order valence-electron chi connectivity index (χ1n) is 6.55. The molecule has 0 aliphatic rings. The average molecular weight is 414 g/mol. The number of benzene rings is 1. The van der Waals surface area contributed by atoms with Crippen molar-refractivity contribution in [2.75, 3.05) is 0 Å². The Labute approximate surface area is 144 Å². The standard InChI is InChI=1S/C14H8F10O3/c1-4(2)11(25)27-13(12(20)21,14(22,23)24)26-3-5-6(15)8(17)10(19)9(18)7(5)16/h12H,1,3H2,2H3. The maximum absolute atomic E-state index is 13.5. The van der Waals surface area contributed by atoms with Gasteiger partial charge < -0.3 is 9.47 Å². The molecule has 0 saturated heterocycles. The molecule has 3 nitrogen and oxygen atoms in total. The van der Waals surface area contributed by atoms with Crippen LogP contribution in [0.1, 0.15) is 12.5 Å². The van der Waals surface area contributed by atoms with E-state index < -0.39 is 71.2 Å². The Balaban J connectivity index is 3.42. The first-order valence-corrected chi connectivity index (χ1v) is 6.55. The zero-order valence-electron chi connectivity index (χ0n) is 13.0. The Morgan fingerprint density at radius 2 is 1.37 bits per heavy atom. The van der Waals surface area contributed by atoms with Crippen molar-refractivity contribution in [1.29, 1.82) is 0 Å². The first kappa shape index (κ1) is 22.7. The molecule has 27 heavy (non-hydrogen) atoms. The fourth-order valence-corrected chi connectivity index (χ4v) is 1.58. The van der Waals surface area contributed by atoms with Gasteiger partial charge in [0.15, 0.2) is 23.3 Å². The molecule has 13 heteroatoms. The normalized spacial score (nSPS) is 14.2. The fraction of sp³-hybridized carbons (Fsp3) is 0.357. The first-order chi connectivity index (χ1) is 12.2. The molecule has 0 aliphatic carbocycles. The molecule has 1 unspecified atom stereocenters. The molecule has 1 aromatic carbocycles. The van der Waals surface area contributed by atoms with Crippen LogP contribution in [-0.4, -0.2) is 24.4 Å². The molecular formula is C14H8F10O3. The Bertz CT molecular complexity index is 729. The number of halogens is 10. The van der Waals surface area contributed by atoms with Crippen LogP contribution in [-0.2, 0) is 20.9 Å². The summed E-state index contributed by atoms with van der Waals surface area (Å²) in [7, 11) is 0. The number of hydrogen-bond donors (Lipinski definition) is 0. The Morgan fingerprint density at radius 1 is 0.963 bits per heavy atom. The predicted octanol–water partition coefficient (Wildman–Crippen LogP) is 4.54. The number of alkyl halides is 5. The molecular weight excluding hydrogens is 406 g/mol. The smallest absolute Gasteiger partial charge is 0.415 e. The van der Waals surface area contributed by atoms with Gasteiger partial charge in [-0.25, -0.2) is 35.5 Å². The van der Waals surface area contributed by atoms with Gasteiger partial charge in [-0.05, 0) is 6.92 Å². The lowest BCUT2D eigenvalue weighted by Gasteiger charge is -2.33. The summed E-state index contributed by atoms with van der Waals surface area (Å²) >= 11 is 0. The van der Waals surface area contributed by atoms with Gasteiger partial charge in [-0.15, -0.1) is 0 Å². The summed E-state index contributed by atoms with van der Waals surface area (Å²) in [5.41, 5.74) is -2.75. The monoisotopic (exact) mass is 414 g/mol. The van der Waals surface area contributed by atoms with E-state index in [1.165, 1.54) is 0 Å². The van der Waals surface area contributed by atoms with E-state index in [4.69, 9.17) is 0 Å². The second kappa shape index (κ2) is 7.74. The molecule has 1 rings (SSSR count). The Hall–Kier alpha value is -2.31. The van der Waals surface area contributed by atoms with Gasteiger partial charge in [-0.2, -0.15) is 13.2 Å². The summed E-state index contributed by atoms with van der Waals surface area (Å²) in [5.74, 6) is -20.0. The third kappa shape index (κ3) is 4.17. The minimum Gasteiger partial charge on any atom is -0.415 e. The number of carbonyl (C=O) groups excluding carboxylic acids is 1. The summed E-state index contributed by atoms with van der Waals surface area (Å²) in [5, 5.41) is 0. The Morgan fingerprint density at radius 3 is 1.70 bits per heavy atom. The van der Waals surface area contributed by atoms with Crippen LogP contribution in [0.4, 0.5) is 43.9 Å². The molecule has 0 amide bonds. The number of carbonyl (C=O) groups is 1. The summed E-state index contributed by atoms with van der Waals surface area (Å²) in [6.07, 6.45) is -10.8. The third-order valence-corrected chi connectivity index (χ3v) is 3.01. The summed E-state index contributed by atoms with van der Waals surface area (Å²) in [6.45, 7) is 1.45. The van der Waals surface area contributed by atoms with Crippen molar-refractivity contribution in [3.8, 4) is 0 Å². The van der Waals surface area contributed by atoms with E-state index in [1.54, 1.807) is 0 Å². The molecule has 0 bridgehead atoms. The lowest BCUT2D eigenvalue weighted by molar-refractivity contribution is -0.403. The highest BCUT2D eigenvalue weighted by Crippen LogP contribution is 2.41. The quantitative estimate of drug-likeness (QED) is 0.171. The van der Waals surface area contributed by atoms with Crippen LogP contribution >= 0.6 is 0 Å². The maximum Gasteiger partial charge on any atom is 0.462 e. The highest BCUT2D eigenvalue weighted by molar-refractivity contribution is 5.87. The van der Waals surface area contributed by atoms with Crippen LogP contribution in [0.5, 0.6) is 0 Å². The molecule has 152 valence electrons.